The highest BCUT2D eigenvalue weighted by atomic mass is 35.5. The zero-order valence-electron chi connectivity index (χ0n) is 12.8. The molecular formula is C16H22ClN3. The highest BCUT2D eigenvalue weighted by Gasteiger charge is 2.16. The minimum absolute atomic E-state index is 0.303. The number of rotatable bonds is 4. The molecule has 0 aliphatic carbocycles. The molecule has 0 aliphatic heterocycles. The molecule has 1 atom stereocenters. The molecule has 3 nitrogen and oxygen atoms in total. The van der Waals surface area contributed by atoms with E-state index in [1.165, 1.54) is 16.8 Å². The maximum Gasteiger partial charge on any atom is 0.0677 e. The van der Waals surface area contributed by atoms with Crippen LogP contribution in [0.15, 0.2) is 18.2 Å². The van der Waals surface area contributed by atoms with Crippen molar-refractivity contribution in [3.63, 3.8) is 0 Å². The van der Waals surface area contributed by atoms with E-state index in [0.29, 0.717) is 12.6 Å². The van der Waals surface area contributed by atoms with E-state index in [4.69, 9.17) is 11.6 Å². The second-order valence-corrected chi connectivity index (χ2v) is 5.75. The standard InChI is InChI=1S/C16H22ClN3/c1-10-6-7-14(15(17)8-10)9-20-13(4)16(11(2)18-5)12(3)19-20/h6-8,11,18H,9H2,1-5H3. The first-order chi connectivity index (χ1) is 9.43. The van der Waals surface area contributed by atoms with E-state index in [2.05, 4.69) is 43.3 Å². The summed E-state index contributed by atoms with van der Waals surface area (Å²) in [5.41, 5.74) is 5.83. The lowest BCUT2D eigenvalue weighted by atomic mass is 10.1. The van der Waals surface area contributed by atoms with Gasteiger partial charge in [0.1, 0.15) is 0 Å². The average molecular weight is 292 g/mol. The highest BCUT2D eigenvalue weighted by molar-refractivity contribution is 6.31. The lowest BCUT2D eigenvalue weighted by Crippen LogP contribution is -2.14. The van der Waals surface area contributed by atoms with E-state index in [0.717, 1.165) is 16.3 Å². The summed E-state index contributed by atoms with van der Waals surface area (Å²) in [6.07, 6.45) is 0. The smallest absolute Gasteiger partial charge is 0.0677 e. The summed E-state index contributed by atoms with van der Waals surface area (Å²) in [5.74, 6) is 0. The Balaban J connectivity index is 2.35. The van der Waals surface area contributed by atoms with E-state index in [1.807, 2.05) is 24.7 Å². The Morgan fingerprint density at radius 1 is 1.30 bits per heavy atom. The van der Waals surface area contributed by atoms with Crippen LogP contribution in [0.4, 0.5) is 0 Å². The van der Waals surface area contributed by atoms with Crippen LogP contribution >= 0.6 is 11.6 Å². The number of aromatic nitrogens is 2. The summed E-state index contributed by atoms with van der Waals surface area (Å²) in [6, 6.07) is 6.47. The molecule has 0 spiro atoms. The molecule has 0 radical (unpaired) electrons. The van der Waals surface area contributed by atoms with Crippen molar-refractivity contribution in [3.05, 3.63) is 51.3 Å². The summed E-state index contributed by atoms with van der Waals surface area (Å²) in [5, 5.41) is 8.74. The molecule has 0 aliphatic rings. The fourth-order valence-corrected chi connectivity index (χ4v) is 2.87. The van der Waals surface area contributed by atoms with E-state index in [-0.39, 0.29) is 0 Å². The maximum absolute atomic E-state index is 6.31. The van der Waals surface area contributed by atoms with Crippen molar-refractivity contribution < 1.29 is 0 Å². The Bertz CT molecular complexity index is 616. The summed E-state index contributed by atoms with van der Waals surface area (Å²) in [7, 11) is 1.97. The van der Waals surface area contributed by atoms with Crippen molar-refractivity contribution >= 4 is 11.6 Å². The number of benzene rings is 1. The molecule has 1 N–H and O–H groups in total. The van der Waals surface area contributed by atoms with Crippen molar-refractivity contribution in [2.45, 2.75) is 40.3 Å². The van der Waals surface area contributed by atoms with Gasteiger partial charge < -0.3 is 5.32 Å². The van der Waals surface area contributed by atoms with Gasteiger partial charge in [0, 0.05) is 22.3 Å². The molecule has 1 aromatic heterocycles. The Morgan fingerprint density at radius 3 is 2.60 bits per heavy atom. The second-order valence-electron chi connectivity index (χ2n) is 5.35. The zero-order valence-corrected chi connectivity index (χ0v) is 13.5. The van der Waals surface area contributed by atoms with Crippen molar-refractivity contribution in [1.82, 2.24) is 15.1 Å². The van der Waals surface area contributed by atoms with Crippen LogP contribution in [-0.4, -0.2) is 16.8 Å². The monoisotopic (exact) mass is 291 g/mol. The Morgan fingerprint density at radius 2 is 2.00 bits per heavy atom. The predicted molar refractivity (Wildman–Crippen MR) is 84.5 cm³/mol. The zero-order chi connectivity index (χ0) is 14.9. The van der Waals surface area contributed by atoms with E-state index in [1.54, 1.807) is 0 Å². The normalized spacial score (nSPS) is 12.7. The van der Waals surface area contributed by atoms with Gasteiger partial charge in [-0.05, 0) is 51.9 Å². The number of nitrogens with zero attached hydrogens (tertiary/aromatic N) is 2. The van der Waals surface area contributed by atoms with Gasteiger partial charge in [-0.3, -0.25) is 4.68 Å². The molecule has 20 heavy (non-hydrogen) atoms. The first-order valence-electron chi connectivity index (χ1n) is 6.90. The Hall–Kier alpha value is -1.32. The molecule has 0 fully saturated rings. The minimum Gasteiger partial charge on any atom is -0.313 e. The van der Waals surface area contributed by atoms with Gasteiger partial charge in [-0.1, -0.05) is 23.7 Å². The van der Waals surface area contributed by atoms with Crippen molar-refractivity contribution in [2.75, 3.05) is 7.05 Å². The molecule has 1 unspecified atom stereocenters. The third kappa shape index (κ3) is 2.89. The predicted octanol–water partition coefficient (Wildman–Crippen LogP) is 3.79. The van der Waals surface area contributed by atoms with Crippen LogP contribution in [0.5, 0.6) is 0 Å². The molecular weight excluding hydrogens is 270 g/mol. The van der Waals surface area contributed by atoms with Crippen LogP contribution in [0.25, 0.3) is 0 Å². The Labute approximate surface area is 126 Å². The topological polar surface area (TPSA) is 29.9 Å². The van der Waals surface area contributed by atoms with Gasteiger partial charge in [0.15, 0.2) is 0 Å². The molecule has 0 saturated carbocycles. The summed E-state index contributed by atoms with van der Waals surface area (Å²) in [6.45, 7) is 9.09. The van der Waals surface area contributed by atoms with Gasteiger partial charge in [-0.25, -0.2) is 0 Å². The first-order valence-corrected chi connectivity index (χ1v) is 7.28. The largest absolute Gasteiger partial charge is 0.313 e. The number of nitrogens with one attached hydrogen (secondary N) is 1. The minimum atomic E-state index is 0.303. The van der Waals surface area contributed by atoms with Crippen LogP contribution in [-0.2, 0) is 6.54 Å². The van der Waals surface area contributed by atoms with E-state index < -0.39 is 0 Å². The van der Waals surface area contributed by atoms with Gasteiger partial charge in [0.2, 0.25) is 0 Å². The lowest BCUT2D eigenvalue weighted by Gasteiger charge is -2.12. The van der Waals surface area contributed by atoms with Crippen LogP contribution < -0.4 is 5.32 Å². The van der Waals surface area contributed by atoms with Crippen molar-refractivity contribution in [1.29, 1.82) is 0 Å². The van der Waals surface area contributed by atoms with Crippen molar-refractivity contribution in [2.24, 2.45) is 0 Å². The van der Waals surface area contributed by atoms with Gasteiger partial charge in [0.05, 0.1) is 12.2 Å². The molecule has 1 aromatic carbocycles. The molecule has 0 bridgehead atoms. The molecule has 1 heterocycles. The highest BCUT2D eigenvalue weighted by Crippen LogP contribution is 2.24. The SMILES string of the molecule is CNC(C)c1c(C)nn(Cc2ccc(C)cc2Cl)c1C. The van der Waals surface area contributed by atoms with Gasteiger partial charge in [-0.15, -0.1) is 0 Å². The third-order valence-corrected chi connectivity index (χ3v) is 4.18. The maximum atomic E-state index is 6.31. The van der Waals surface area contributed by atoms with Crippen LogP contribution in [0.3, 0.4) is 0 Å². The summed E-state index contributed by atoms with van der Waals surface area (Å²) < 4.78 is 2.04. The van der Waals surface area contributed by atoms with Gasteiger partial charge in [-0.2, -0.15) is 5.10 Å². The number of hydrogen-bond acceptors (Lipinski definition) is 2. The van der Waals surface area contributed by atoms with Gasteiger partial charge >= 0.3 is 0 Å². The van der Waals surface area contributed by atoms with Crippen LogP contribution in [0.2, 0.25) is 5.02 Å². The van der Waals surface area contributed by atoms with Gasteiger partial charge in [0.25, 0.3) is 0 Å². The van der Waals surface area contributed by atoms with Crippen LogP contribution in [0.1, 0.15) is 41.0 Å². The average Bonchev–Trinajstić information content (AvgIpc) is 2.67. The van der Waals surface area contributed by atoms with Crippen molar-refractivity contribution in [3.8, 4) is 0 Å². The lowest BCUT2D eigenvalue weighted by molar-refractivity contribution is 0.632. The summed E-state index contributed by atoms with van der Waals surface area (Å²) >= 11 is 6.31. The second kappa shape index (κ2) is 5.98. The first kappa shape index (κ1) is 15.1. The fraction of sp³-hybridized carbons (Fsp3) is 0.438. The van der Waals surface area contributed by atoms with Crippen LogP contribution in [0, 0.1) is 20.8 Å². The third-order valence-electron chi connectivity index (χ3n) is 3.83. The fourth-order valence-electron chi connectivity index (χ4n) is 2.58. The molecule has 2 aromatic rings. The van der Waals surface area contributed by atoms with E-state index >= 15 is 0 Å². The quantitative estimate of drug-likeness (QED) is 0.929. The number of halogens is 1. The number of aryl methyl sites for hydroxylation is 2. The Kier molecular flexibility index (Phi) is 4.51. The summed E-state index contributed by atoms with van der Waals surface area (Å²) in [4.78, 5) is 0. The molecule has 108 valence electrons. The molecule has 2 rings (SSSR count). The van der Waals surface area contributed by atoms with E-state index in [9.17, 15) is 0 Å². The molecule has 0 saturated heterocycles. The molecule has 0 amide bonds. The molecule has 4 heteroatoms. The number of hydrogen-bond donors (Lipinski definition) is 1.